The zero-order chi connectivity index (χ0) is 17.5. The third kappa shape index (κ3) is 5.16. The van der Waals surface area contributed by atoms with E-state index < -0.39 is 0 Å². The van der Waals surface area contributed by atoms with E-state index in [2.05, 4.69) is 10.3 Å². The van der Waals surface area contributed by atoms with Gasteiger partial charge >= 0.3 is 0 Å². The van der Waals surface area contributed by atoms with Gasteiger partial charge in [-0.05, 0) is 38.6 Å². The Bertz CT molecular complexity index is 596. The largest absolute Gasteiger partial charge is 0.352 e. The first-order valence-corrected chi connectivity index (χ1v) is 8.28. The van der Waals surface area contributed by atoms with E-state index in [-0.39, 0.29) is 17.9 Å². The molecule has 1 N–H and O–H groups in total. The summed E-state index contributed by atoms with van der Waals surface area (Å²) in [4.78, 5) is 31.8. The Hall–Kier alpha value is -2.21. The van der Waals surface area contributed by atoms with Crippen LogP contribution in [0.3, 0.4) is 0 Å². The van der Waals surface area contributed by atoms with Gasteiger partial charge in [0.2, 0.25) is 11.8 Å². The number of hydrogen-bond donors (Lipinski definition) is 1. The minimum atomic E-state index is -0.0591. The Morgan fingerprint density at radius 1 is 1.42 bits per heavy atom. The van der Waals surface area contributed by atoms with E-state index in [1.165, 1.54) is 6.92 Å². The topological polar surface area (TPSA) is 65.5 Å². The van der Waals surface area contributed by atoms with Gasteiger partial charge in [0.25, 0.3) is 0 Å². The molecule has 1 unspecified atom stereocenters. The predicted molar refractivity (Wildman–Crippen MR) is 93.1 cm³/mol. The lowest BCUT2D eigenvalue weighted by Crippen LogP contribution is -2.29. The number of amides is 2. The number of nitrogens with one attached hydrogen (secondary N) is 1. The molecule has 0 aromatic carbocycles. The summed E-state index contributed by atoms with van der Waals surface area (Å²) in [6, 6.07) is 3.95. The summed E-state index contributed by atoms with van der Waals surface area (Å²) in [5, 5.41) is 2.75. The molecule has 1 fully saturated rings. The van der Waals surface area contributed by atoms with Gasteiger partial charge in [0.15, 0.2) is 0 Å². The van der Waals surface area contributed by atoms with Gasteiger partial charge in [0, 0.05) is 38.8 Å². The molecule has 0 bridgehead atoms. The summed E-state index contributed by atoms with van der Waals surface area (Å²) in [6.07, 6.45) is 7.25. The molecule has 6 heteroatoms. The number of likely N-dealkylation sites (N-methyl/N-ethyl adjacent to an activating group) is 1. The van der Waals surface area contributed by atoms with Crippen LogP contribution in [0.15, 0.2) is 30.5 Å². The number of pyridine rings is 1. The number of rotatable bonds is 6. The fourth-order valence-electron chi connectivity index (χ4n) is 2.76. The molecule has 0 radical (unpaired) electrons. The van der Waals surface area contributed by atoms with Crippen LogP contribution in [-0.2, 0) is 16.1 Å². The maximum absolute atomic E-state index is 12.4. The summed E-state index contributed by atoms with van der Waals surface area (Å²) >= 11 is 0. The molecule has 0 aliphatic carbocycles. The number of carbonyl (C=O) groups is 2. The molecule has 0 spiro atoms. The normalized spacial score (nSPS) is 17.7. The highest BCUT2D eigenvalue weighted by Crippen LogP contribution is 2.30. The smallest absolute Gasteiger partial charge is 0.246 e. The molecule has 2 heterocycles. The van der Waals surface area contributed by atoms with Gasteiger partial charge in [-0.2, -0.15) is 0 Å². The van der Waals surface area contributed by atoms with Crippen molar-refractivity contribution in [3.63, 3.8) is 0 Å². The van der Waals surface area contributed by atoms with Crippen molar-refractivity contribution in [3.05, 3.63) is 41.7 Å². The molecular weight excluding hydrogens is 304 g/mol. The molecule has 24 heavy (non-hydrogen) atoms. The molecule has 1 atom stereocenters. The molecular formula is C18H26N4O2. The van der Waals surface area contributed by atoms with Crippen LogP contribution >= 0.6 is 0 Å². The van der Waals surface area contributed by atoms with Crippen LogP contribution in [-0.4, -0.2) is 53.8 Å². The van der Waals surface area contributed by atoms with Crippen molar-refractivity contribution in [2.45, 2.75) is 32.4 Å². The lowest BCUT2D eigenvalue weighted by atomic mass is 10.1. The first-order chi connectivity index (χ1) is 11.5. The highest BCUT2D eigenvalue weighted by atomic mass is 16.2. The Kier molecular flexibility index (Phi) is 6.49. The zero-order valence-electron chi connectivity index (χ0n) is 14.7. The van der Waals surface area contributed by atoms with Crippen LogP contribution in [0.25, 0.3) is 0 Å². The van der Waals surface area contributed by atoms with E-state index in [0.717, 1.165) is 37.2 Å². The lowest BCUT2D eigenvalue weighted by molar-refractivity contribution is -0.127. The van der Waals surface area contributed by atoms with Crippen LogP contribution < -0.4 is 5.32 Å². The van der Waals surface area contributed by atoms with Crippen molar-refractivity contribution in [1.82, 2.24) is 20.1 Å². The Morgan fingerprint density at radius 3 is 2.83 bits per heavy atom. The molecule has 1 aromatic heterocycles. The predicted octanol–water partition coefficient (Wildman–Crippen LogP) is 1.50. The van der Waals surface area contributed by atoms with E-state index in [0.29, 0.717) is 6.54 Å². The number of hydrogen-bond acceptors (Lipinski definition) is 4. The average Bonchev–Trinajstić information content (AvgIpc) is 3.02. The maximum Gasteiger partial charge on any atom is 0.246 e. The van der Waals surface area contributed by atoms with Gasteiger partial charge in [-0.1, -0.05) is 12.1 Å². The molecule has 0 saturated carbocycles. The lowest BCUT2D eigenvalue weighted by Gasteiger charge is -2.23. The minimum absolute atomic E-state index is 0.0383. The second-order valence-electron chi connectivity index (χ2n) is 6.36. The number of aromatic nitrogens is 1. The summed E-state index contributed by atoms with van der Waals surface area (Å²) in [6.45, 7) is 3.49. The summed E-state index contributed by atoms with van der Waals surface area (Å²) in [5.41, 5.74) is 1.86. The van der Waals surface area contributed by atoms with E-state index >= 15 is 0 Å². The van der Waals surface area contributed by atoms with Crippen LogP contribution in [0.5, 0.6) is 0 Å². The SMILES string of the molecule is CC(=O)NCc1ccc(C2CCCN2C(=O)/C=C/CN(C)C)nc1. The molecule has 2 rings (SSSR count). The van der Waals surface area contributed by atoms with Crippen LogP contribution in [0, 0.1) is 0 Å². The quantitative estimate of drug-likeness (QED) is 0.803. The second kappa shape index (κ2) is 8.59. The van der Waals surface area contributed by atoms with Gasteiger partial charge in [-0.15, -0.1) is 0 Å². The fourth-order valence-corrected chi connectivity index (χ4v) is 2.76. The molecule has 2 amide bonds. The standard InChI is InChI=1S/C18H26N4O2/c1-14(23)19-12-15-8-9-16(20-13-15)17-6-4-11-22(17)18(24)7-5-10-21(2)3/h5,7-9,13,17H,4,6,10-12H2,1-3H3,(H,19,23)/b7-5+. The fraction of sp³-hybridized carbons (Fsp3) is 0.500. The summed E-state index contributed by atoms with van der Waals surface area (Å²) < 4.78 is 0. The van der Waals surface area contributed by atoms with Crippen LogP contribution in [0.1, 0.15) is 37.1 Å². The number of carbonyl (C=O) groups excluding carboxylic acids is 2. The van der Waals surface area contributed by atoms with Crippen molar-refractivity contribution >= 4 is 11.8 Å². The van der Waals surface area contributed by atoms with Gasteiger partial charge < -0.3 is 15.1 Å². The minimum Gasteiger partial charge on any atom is -0.352 e. The van der Waals surface area contributed by atoms with E-state index in [4.69, 9.17) is 0 Å². The summed E-state index contributed by atoms with van der Waals surface area (Å²) in [5.74, 6) is -0.0142. The van der Waals surface area contributed by atoms with E-state index in [9.17, 15) is 9.59 Å². The van der Waals surface area contributed by atoms with Crippen molar-refractivity contribution in [2.24, 2.45) is 0 Å². The number of likely N-dealkylation sites (tertiary alicyclic amines) is 1. The van der Waals surface area contributed by atoms with Gasteiger partial charge in [-0.25, -0.2) is 0 Å². The average molecular weight is 330 g/mol. The highest BCUT2D eigenvalue weighted by Gasteiger charge is 2.29. The number of nitrogens with zero attached hydrogens (tertiary/aromatic N) is 3. The Balaban J connectivity index is 2.00. The van der Waals surface area contributed by atoms with E-state index in [1.807, 2.05) is 42.1 Å². The van der Waals surface area contributed by atoms with Crippen molar-refractivity contribution < 1.29 is 9.59 Å². The highest BCUT2D eigenvalue weighted by molar-refractivity contribution is 5.88. The molecule has 1 aliphatic rings. The van der Waals surface area contributed by atoms with Crippen LogP contribution in [0.4, 0.5) is 0 Å². The first kappa shape index (κ1) is 18.1. The van der Waals surface area contributed by atoms with Gasteiger partial charge in [0.05, 0.1) is 11.7 Å². The third-order valence-electron chi connectivity index (χ3n) is 4.00. The van der Waals surface area contributed by atoms with Crippen LogP contribution in [0.2, 0.25) is 0 Å². The summed E-state index contributed by atoms with van der Waals surface area (Å²) in [7, 11) is 3.94. The van der Waals surface area contributed by atoms with Gasteiger partial charge in [-0.3, -0.25) is 14.6 Å². The molecule has 1 aliphatic heterocycles. The van der Waals surface area contributed by atoms with E-state index in [1.54, 1.807) is 12.3 Å². The monoisotopic (exact) mass is 330 g/mol. The molecule has 1 aromatic rings. The zero-order valence-corrected chi connectivity index (χ0v) is 14.7. The Labute approximate surface area is 143 Å². The maximum atomic E-state index is 12.4. The van der Waals surface area contributed by atoms with Crippen molar-refractivity contribution in [2.75, 3.05) is 27.2 Å². The Morgan fingerprint density at radius 2 is 2.21 bits per heavy atom. The first-order valence-electron chi connectivity index (χ1n) is 8.28. The van der Waals surface area contributed by atoms with Crippen molar-refractivity contribution in [1.29, 1.82) is 0 Å². The molecule has 1 saturated heterocycles. The second-order valence-corrected chi connectivity index (χ2v) is 6.36. The molecule has 130 valence electrons. The van der Waals surface area contributed by atoms with Gasteiger partial charge in [0.1, 0.15) is 0 Å². The third-order valence-corrected chi connectivity index (χ3v) is 4.00. The molecule has 6 nitrogen and oxygen atoms in total. The van der Waals surface area contributed by atoms with Crippen molar-refractivity contribution in [3.8, 4) is 0 Å².